The molecule has 1 aromatic rings. The fourth-order valence-electron chi connectivity index (χ4n) is 3.17. The predicted molar refractivity (Wildman–Crippen MR) is 70.7 cm³/mol. The van der Waals surface area contributed by atoms with E-state index in [4.69, 9.17) is 0 Å². The molecule has 0 aromatic carbocycles. The summed E-state index contributed by atoms with van der Waals surface area (Å²) >= 11 is 0. The van der Waals surface area contributed by atoms with Gasteiger partial charge >= 0.3 is 0 Å². The number of rotatable bonds is 4. The number of hydrogen-bond acceptors (Lipinski definition) is 5. The molecule has 0 radical (unpaired) electrons. The molecule has 1 amide bonds. The Bertz CT molecular complexity index is 457. The third-order valence-electron chi connectivity index (χ3n) is 4.52. The van der Waals surface area contributed by atoms with Crippen LogP contribution in [0.15, 0.2) is 0 Å². The fourth-order valence-corrected chi connectivity index (χ4v) is 3.17. The Balaban J connectivity index is 1.63. The van der Waals surface area contributed by atoms with Crippen molar-refractivity contribution in [2.75, 3.05) is 6.54 Å². The van der Waals surface area contributed by atoms with Crippen LogP contribution in [0.2, 0.25) is 0 Å². The predicted octanol–water partition coefficient (Wildman–Crippen LogP) is 0.428. The van der Waals surface area contributed by atoms with Gasteiger partial charge in [0.15, 0.2) is 5.82 Å². The van der Waals surface area contributed by atoms with Crippen molar-refractivity contribution < 1.29 is 9.90 Å². The van der Waals surface area contributed by atoms with Crippen LogP contribution in [-0.4, -0.2) is 54.7 Å². The normalized spacial score (nSPS) is 25.2. The van der Waals surface area contributed by atoms with Gasteiger partial charge in [0, 0.05) is 19.0 Å². The van der Waals surface area contributed by atoms with Gasteiger partial charge in [-0.3, -0.25) is 4.79 Å². The highest BCUT2D eigenvalue weighted by Gasteiger charge is 2.39. The van der Waals surface area contributed by atoms with Crippen LogP contribution in [0.25, 0.3) is 0 Å². The van der Waals surface area contributed by atoms with Gasteiger partial charge in [0.2, 0.25) is 5.91 Å². The lowest BCUT2D eigenvalue weighted by molar-refractivity contribution is -0.144. The molecule has 2 fully saturated rings. The molecule has 1 aromatic heterocycles. The van der Waals surface area contributed by atoms with Crippen LogP contribution in [0.5, 0.6) is 0 Å². The zero-order valence-corrected chi connectivity index (χ0v) is 11.6. The van der Waals surface area contributed by atoms with Crippen LogP contribution < -0.4 is 0 Å². The van der Waals surface area contributed by atoms with Gasteiger partial charge in [0.1, 0.15) is 0 Å². The third-order valence-corrected chi connectivity index (χ3v) is 4.52. The Kier molecular flexibility index (Phi) is 3.69. The maximum absolute atomic E-state index is 12.4. The smallest absolute Gasteiger partial charge is 0.225 e. The van der Waals surface area contributed by atoms with Crippen molar-refractivity contribution >= 4 is 5.91 Å². The highest BCUT2D eigenvalue weighted by atomic mass is 16.3. The van der Waals surface area contributed by atoms with E-state index in [1.54, 1.807) is 0 Å². The molecular formula is C13H21N5O2. The van der Waals surface area contributed by atoms with Gasteiger partial charge < -0.3 is 10.0 Å². The first-order valence-corrected chi connectivity index (χ1v) is 7.40. The summed E-state index contributed by atoms with van der Waals surface area (Å²) in [4.78, 5) is 14.4. The van der Waals surface area contributed by atoms with Gasteiger partial charge in [-0.2, -0.15) is 5.21 Å². The first kappa shape index (κ1) is 13.5. The Morgan fingerprint density at radius 3 is 2.90 bits per heavy atom. The van der Waals surface area contributed by atoms with Gasteiger partial charge in [0.05, 0.1) is 12.0 Å². The Hall–Kier alpha value is -1.50. The minimum atomic E-state index is -0.745. The maximum Gasteiger partial charge on any atom is 0.225 e. The Labute approximate surface area is 117 Å². The lowest BCUT2D eigenvalue weighted by atomic mass is 9.77. The molecular weight excluding hydrogens is 258 g/mol. The van der Waals surface area contributed by atoms with E-state index < -0.39 is 5.60 Å². The van der Waals surface area contributed by atoms with E-state index in [1.165, 1.54) is 0 Å². The molecule has 110 valence electrons. The summed E-state index contributed by atoms with van der Waals surface area (Å²) < 4.78 is 0. The molecule has 0 spiro atoms. The van der Waals surface area contributed by atoms with Crippen molar-refractivity contribution in [3.8, 4) is 0 Å². The first-order valence-electron chi connectivity index (χ1n) is 7.40. The number of nitrogens with zero attached hydrogens (tertiary/aromatic N) is 4. The Morgan fingerprint density at radius 2 is 2.25 bits per heavy atom. The third kappa shape index (κ3) is 2.82. The summed E-state index contributed by atoms with van der Waals surface area (Å²) in [5.74, 6) is 0.720. The summed E-state index contributed by atoms with van der Waals surface area (Å²) in [6.45, 7) is 0.775. The first-order chi connectivity index (χ1) is 9.66. The molecule has 1 saturated heterocycles. The van der Waals surface area contributed by atoms with Crippen molar-refractivity contribution in [1.29, 1.82) is 0 Å². The Morgan fingerprint density at radius 1 is 1.40 bits per heavy atom. The van der Waals surface area contributed by atoms with E-state index in [-0.39, 0.29) is 18.4 Å². The largest absolute Gasteiger partial charge is 0.389 e. The lowest BCUT2D eigenvalue weighted by Crippen LogP contribution is -2.49. The van der Waals surface area contributed by atoms with Gasteiger partial charge in [-0.1, -0.05) is 5.21 Å². The van der Waals surface area contributed by atoms with Crippen LogP contribution in [0, 0.1) is 0 Å². The summed E-state index contributed by atoms with van der Waals surface area (Å²) in [5.41, 5.74) is -0.745. The minimum absolute atomic E-state index is 0.0698. The number of carbonyl (C=O) groups excluding carboxylic acids is 1. The van der Waals surface area contributed by atoms with Crippen molar-refractivity contribution in [3.63, 3.8) is 0 Å². The standard InChI is InChI=1S/C13H21N5O2/c19-12(9-13(20)5-3-6-13)18-7-2-1-4-10(18)8-11-14-16-17-15-11/h10,20H,1-9H2,(H,14,15,16,17). The molecule has 2 N–H and O–H groups in total. The maximum atomic E-state index is 12.4. The molecule has 20 heavy (non-hydrogen) atoms. The van der Waals surface area contributed by atoms with Gasteiger partial charge in [0.25, 0.3) is 0 Å². The molecule has 1 aliphatic carbocycles. The molecule has 7 heteroatoms. The van der Waals surface area contributed by atoms with Crippen molar-refractivity contribution in [3.05, 3.63) is 5.82 Å². The van der Waals surface area contributed by atoms with Crippen molar-refractivity contribution in [1.82, 2.24) is 25.5 Å². The number of aromatic nitrogens is 4. The summed E-state index contributed by atoms with van der Waals surface area (Å²) in [6, 6.07) is 0.137. The van der Waals surface area contributed by atoms with E-state index in [0.29, 0.717) is 12.2 Å². The van der Waals surface area contributed by atoms with Crippen LogP contribution >= 0.6 is 0 Å². The molecule has 1 atom stereocenters. The zero-order valence-electron chi connectivity index (χ0n) is 11.6. The highest BCUT2D eigenvalue weighted by molar-refractivity contribution is 5.78. The molecule has 2 aliphatic rings. The van der Waals surface area contributed by atoms with Crippen LogP contribution in [0.1, 0.15) is 50.8 Å². The molecule has 0 bridgehead atoms. The summed E-state index contributed by atoms with van der Waals surface area (Å²) in [7, 11) is 0. The number of aromatic amines is 1. The second-order valence-electron chi connectivity index (χ2n) is 6.02. The van der Waals surface area contributed by atoms with Crippen molar-refractivity contribution in [2.45, 2.75) is 63.0 Å². The molecule has 7 nitrogen and oxygen atoms in total. The summed E-state index contributed by atoms with van der Waals surface area (Å²) in [6.07, 6.45) is 6.55. The minimum Gasteiger partial charge on any atom is -0.389 e. The topological polar surface area (TPSA) is 95.0 Å². The number of likely N-dealkylation sites (tertiary alicyclic amines) is 1. The highest BCUT2D eigenvalue weighted by Crippen LogP contribution is 2.35. The van der Waals surface area contributed by atoms with Crippen LogP contribution in [-0.2, 0) is 11.2 Å². The second kappa shape index (κ2) is 5.47. The van der Waals surface area contributed by atoms with E-state index >= 15 is 0 Å². The van der Waals surface area contributed by atoms with Crippen LogP contribution in [0.4, 0.5) is 0 Å². The number of carbonyl (C=O) groups is 1. The summed E-state index contributed by atoms with van der Waals surface area (Å²) in [5, 5.41) is 24.1. The van der Waals surface area contributed by atoms with Gasteiger partial charge in [-0.15, -0.1) is 10.2 Å². The number of H-pyrrole nitrogens is 1. The number of piperidine rings is 1. The average Bonchev–Trinajstić information content (AvgIpc) is 2.90. The lowest BCUT2D eigenvalue weighted by Gasteiger charge is -2.40. The molecule has 1 unspecified atom stereocenters. The quantitative estimate of drug-likeness (QED) is 0.833. The number of aliphatic hydroxyl groups is 1. The second-order valence-corrected chi connectivity index (χ2v) is 6.02. The molecule has 3 rings (SSSR count). The molecule has 1 aliphatic heterocycles. The number of nitrogens with one attached hydrogen (secondary N) is 1. The zero-order chi connectivity index (χ0) is 14.0. The van der Waals surface area contributed by atoms with Gasteiger partial charge in [-0.05, 0) is 38.5 Å². The van der Waals surface area contributed by atoms with Gasteiger partial charge in [-0.25, -0.2) is 0 Å². The fraction of sp³-hybridized carbons (Fsp3) is 0.846. The number of amides is 1. The molecule has 1 saturated carbocycles. The number of hydrogen-bond donors (Lipinski definition) is 2. The number of tetrazole rings is 1. The van der Waals surface area contributed by atoms with E-state index in [0.717, 1.165) is 45.1 Å². The van der Waals surface area contributed by atoms with E-state index in [2.05, 4.69) is 20.6 Å². The van der Waals surface area contributed by atoms with Crippen molar-refractivity contribution in [2.24, 2.45) is 0 Å². The van der Waals surface area contributed by atoms with Crippen LogP contribution in [0.3, 0.4) is 0 Å². The monoisotopic (exact) mass is 279 g/mol. The SMILES string of the molecule is O=C(CC1(O)CCC1)N1CCCCC1Cc1nn[nH]n1. The molecule has 2 heterocycles. The average molecular weight is 279 g/mol. The van der Waals surface area contributed by atoms with E-state index in [1.807, 2.05) is 4.90 Å². The van der Waals surface area contributed by atoms with E-state index in [9.17, 15) is 9.90 Å².